The highest BCUT2D eigenvalue weighted by Crippen LogP contribution is 2.12. The molecule has 0 N–H and O–H groups in total. The fourth-order valence-electron chi connectivity index (χ4n) is 1.78. The second-order valence-corrected chi connectivity index (χ2v) is 3.93. The highest BCUT2D eigenvalue weighted by atomic mass is 19.3. The van der Waals surface area contributed by atoms with Crippen LogP contribution in [0.2, 0.25) is 0 Å². The normalized spacial score (nSPS) is 11.3. The van der Waals surface area contributed by atoms with Gasteiger partial charge in [0.05, 0.1) is 6.54 Å². The minimum absolute atomic E-state index is 0.0485. The van der Waals surface area contributed by atoms with Gasteiger partial charge in [0.15, 0.2) is 0 Å². The Morgan fingerprint density at radius 1 is 1.28 bits per heavy atom. The molecule has 0 saturated heterocycles. The zero-order chi connectivity index (χ0) is 13.1. The maximum Gasteiger partial charge on any atom is 0.328 e. The van der Waals surface area contributed by atoms with E-state index in [0.717, 1.165) is 11.0 Å². The minimum atomic E-state index is -2.64. The van der Waals surface area contributed by atoms with Crippen LogP contribution >= 0.6 is 0 Å². The molecule has 0 radical (unpaired) electrons. The largest absolute Gasteiger partial charge is 0.328 e. The molecule has 18 heavy (non-hydrogen) atoms. The lowest BCUT2D eigenvalue weighted by atomic mass is 10.5. The van der Waals surface area contributed by atoms with Gasteiger partial charge in [-0.25, -0.2) is 9.78 Å². The van der Waals surface area contributed by atoms with Gasteiger partial charge in [-0.05, 0) is 6.42 Å². The fraction of sp³-hybridized carbons (Fsp3) is 0.455. The summed E-state index contributed by atoms with van der Waals surface area (Å²) in [6, 6.07) is 0. The van der Waals surface area contributed by atoms with Crippen molar-refractivity contribution in [3.8, 4) is 0 Å². The number of hydrogen-bond donors (Lipinski definition) is 0. The molecule has 2 aromatic heterocycles. The Labute approximate surface area is 102 Å². The number of nitrogens with zero attached hydrogens (tertiary/aromatic N) is 4. The molecule has 0 aromatic carbocycles. The third-order valence-electron chi connectivity index (χ3n) is 2.65. The van der Waals surface area contributed by atoms with Crippen molar-refractivity contribution in [2.75, 3.05) is 0 Å². The maximum atomic E-state index is 12.6. The molecule has 0 aliphatic carbocycles. The Morgan fingerprint density at radius 3 is 2.67 bits per heavy atom. The van der Waals surface area contributed by atoms with E-state index in [0.29, 0.717) is 6.54 Å². The molecule has 0 aliphatic rings. The first-order valence-corrected chi connectivity index (χ1v) is 5.69. The summed E-state index contributed by atoms with van der Waals surface area (Å²) in [6.07, 6.45) is 6.59. The molecule has 7 heteroatoms. The molecule has 0 spiro atoms. The van der Waals surface area contributed by atoms with E-state index in [9.17, 15) is 13.6 Å². The van der Waals surface area contributed by atoms with Crippen LogP contribution in [0.15, 0.2) is 29.6 Å². The molecule has 0 saturated carbocycles. The summed E-state index contributed by atoms with van der Waals surface area (Å²) < 4.78 is 28.9. The topological polar surface area (TPSA) is 44.8 Å². The van der Waals surface area contributed by atoms with E-state index in [2.05, 4.69) is 4.98 Å². The second-order valence-electron chi connectivity index (χ2n) is 3.93. The van der Waals surface area contributed by atoms with Crippen molar-refractivity contribution in [2.24, 2.45) is 0 Å². The lowest BCUT2D eigenvalue weighted by molar-refractivity contribution is 0.0666. The van der Waals surface area contributed by atoms with Crippen LogP contribution in [0.4, 0.5) is 8.78 Å². The monoisotopic (exact) mass is 256 g/mol. The summed E-state index contributed by atoms with van der Waals surface area (Å²) in [4.78, 5) is 15.7. The van der Waals surface area contributed by atoms with E-state index in [1.807, 2.05) is 6.92 Å². The van der Waals surface area contributed by atoms with Gasteiger partial charge in [-0.3, -0.25) is 13.7 Å². The Balaban J connectivity index is 2.24. The van der Waals surface area contributed by atoms with Crippen molar-refractivity contribution < 1.29 is 8.78 Å². The first kappa shape index (κ1) is 12.5. The smallest absolute Gasteiger partial charge is 0.299 e. The van der Waals surface area contributed by atoms with Crippen LogP contribution in [0.3, 0.4) is 0 Å². The van der Waals surface area contributed by atoms with Gasteiger partial charge in [0, 0.05) is 31.3 Å². The van der Waals surface area contributed by atoms with Gasteiger partial charge >= 0.3 is 12.2 Å². The van der Waals surface area contributed by atoms with E-state index in [1.165, 1.54) is 17.0 Å². The highest BCUT2D eigenvalue weighted by Gasteiger charge is 2.13. The molecule has 0 atom stereocenters. The first-order chi connectivity index (χ1) is 8.63. The number of hydrogen-bond acceptors (Lipinski definition) is 2. The number of rotatable bonds is 5. The minimum Gasteiger partial charge on any atom is -0.299 e. The highest BCUT2D eigenvalue weighted by molar-refractivity contribution is 4.95. The van der Waals surface area contributed by atoms with E-state index in [-0.39, 0.29) is 18.1 Å². The Kier molecular flexibility index (Phi) is 3.59. The van der Waals surface area contributed by atoms with Gasteiger partial charge in [-0.1, -0.05) is 6.92 Å². The van der Waals surface area contributed by atoms with Gasteiger partial charge in [-0.2, -0.15) is 8.78 Å². The van der Waals surface area contributed by atoms with Gasteiger partial charge in [-0.15, -0.1) is 0 Å². The van der Waals surface area contributed by atoms with E-state index >= 15 is 0 Å². The lowest BCUT2D eigenvalue weighted by Gasteiger charge is -2.06. The van der Waals surface area contributed by atoms with Crippen molar-refractivity contribution in [2.45, 2.75) is 33.0 Å². The van der Waals surface area contributed by atoms with Crippen molar-refractivity contribution in [1.29, 1.82) is 0 Å². The maximum absolute atomic E-state index is 12.6. The molecule has 0 amide bonds. The van der Waals surface area contributed by atoms with Crippen molar-refractivity contribution >= 4 is 0 Å². The van der Waals surface area contributed by atoms with Crippen LogP contribution in [0, 0.1) is 0 Å². The fourth-order valence-corrected chi connectivity index (χ4v) is 1.78. The van der Waals surface area contributed by atoms with Crippen LogP contribution in [-0.4, -0.2) is 18.7 Å². The zero-order valence-electron chi connectivity index (χ0n) is 9.96. The van der Waals surface area contributed by atoms with Crippen LogP contribution in [0.1, 0.15) is 25.7 Å². The summed E-state index contributed by atoms with van der Waals surface area (Å²) >= 11 is 0. The molecular formula is C11H14F2N4O. The van der Waals surface area contributed by atoms with E-state index in [1.54, 1.807) is 17.0 Å². The van der Waals surface area contributed by atoms with Crippen molar-refractivity contribution in [3.63, 3.8) is 0 Å². The Morgan fingerprint density at radius 2 is 2.00 bits per heavy atom. The number of aryl methyl sites for hydroxylation is 1. The molecule has 2 aromatic rings. The van der Waals surface area contributed by atoms with Crippen LogP contribution in [0.25, 0.3) is 0 Å². The number of aromatic nitrogens is 4. The molecule has 2 heterocycles. The average Bonchev–Trinajstić information content (AvgIpc) is 2.91. The quantitative estimate of drug-likeness (QED) is 0.817. The molecule has 0 unspecified atom stereocenters. The summed E-state index contributed by atoms with van der Waals surface area (Å²) in [5, 5.41) is 0. The first-order valence-electron chi connectivity index (χ1n) is 5.69. The average molecular weight is 256 g/mol. The molecule has 0 aliphatic heterocycles. The Bertz CT molecular complexity index is 570. The predicted molar refractivity (Wildman–Crippen MR) is 61.6 cm³/mol. The van der Waals surface area contributed by atoms with E-state index < -0.39 is 6.55 Å². The van der Waals surface area contributed by atoms with E-state index in [4.69, 9.17) is 0 Å². The number of halogens is 2. The van der Waals surface area contributed by atoms with Crippen LogP contribution in [0.5, 0.6) is 0 Å². The number of imidazole rings is 2. The standard InChI is InChI=1S/C11H14F2N4O/c1-2-4-15-6-7-16(11(15)18)8-9-14-3-5-17(9)10(12)13/h3,5-7,10H,2,4,8H2,1H3. The third-order valence-corrected chi connectivity index (χ3v) is 2.65. The lowest BCUT2D eigenvalue weighted by Crippen LogP contribution is -2.25. The SMILES string of the molecule is CCCn1ccn(Cc2nccn2C(F)F)c1=O. The molecule has 98 valence electrons. The number of alkyl halides is 2. The molecular weight excluding hydrogens is 242 g/mol. The van der Waals surface area contributed by atoms with Crippen molar-refractivity contribution in [1.82, 2.24) is 18.7 Å². The zero-order valence-corrected chi connectivity index (χ0v) is 9.96. The molecule has 0 fully saturated rings. The van der Waals surface area contributed by atoms with Gasteiger partial charge in [0.25, 0.3) is 0 Å². The molecule has 2 rings (SSSR count). The van der Waals surface area contributed by atoms with Gasteiger partial charge in [0.1, 0.15) is 5.82 Å². The summed E-state index contributed by atoms with van der Waals surface area (Å²) in [6.45, 7) is -0.00844. The Hall–Kier alpha value is -1.92. The molecule has 5 nitrogen and oxygen atoms in total. The van der Waals surface area contributed by atoms with Crippen LogP contribution in [-0.2, 0) is 13.1 Å². The third kappa shape index (κ3) is 2.34. The summed E-state index contributed by atoms with van der Waals surface area (Å²) in [5.41, 5.74) is -0.208. The van der Waals surface area contributed by atoms with Crippen molar-refractivity contribution in [3.05, 3.63) is 41.1 Å². The summed E-state index contributed by atoms with van der Waals surface area (Å²) in [5.74, 6) is 0.168. The van der Waals surface area contributed by atoms with Gasteiger partial charge < -0.3 is 0 Å². The van der Waals surface area contributed by atoms with Crippen LogP contribution < -0.4 is 5.69 Å². The van der Waals surface area contributed by atoms with Gasteiger partial charge in [0.2, 0.25) is 0 Å². The predicted octanol–water partition coefficient (Wildman–Crippen LogP) is 1.70. The second kappa shape index (κ2) is 5.16. The molecule has 0 bridgehead atoms. The summed E-state index contributed by atoms with van der Waals surface area (Å²) in [7, 11) is 0.